The zero-order chi connectivity index (χ0) is 22.4. The van der Waals surface area contributed by atoms with Gasteiger partial charge in [-0.2, -0.15) is 13.2 Å². The number of aliphatic hydroxyl groups excluding tert-OH is 1. The highest BCUT2D eigenvalue weighted by atomic mass is 19.4. The molecule has 2 aliphatic heterocycles. The van der Waals surface area contributed by atoms with Crippen molar-refractivity contribution in [3.05, 3.63) is 29.8 Å². The van der Waals surface area contributed by atoms with Crippen molar-refractivity contribution in [2.45, 2.75) is 24.4 Å². The van der Waals surface area contributed by atoms with E-state index in [-0.39, 0.29) is 12.6 Å². The molecule has 0 aliphatic carbocycles. The molecule has 0 saturated carbocycles. The van der Waals surface area contributed by atoms with Crippen molar-refractivity contribution in [3.8, 4) is 0 Å². The number of ether oxygens (including phenoxy) is 2. The van der Waals surface area contributed by atoms with Gasteiger partial charge in [-0.05, 0) is 18.2 Å². The molecule has 11 heteroatoms. The summed E-state index contributed by atoms with van der Waals surface area (Å²) >= 11 is 0. The number of nitrogens with one attached hydrogen (secondary N) is 2. The third kappa shape index (κ3) is 6.45. The van der Waals surface area contributed by atoms with Crippen LogP contribution in [0.25, 0.3) is 0 Å². The van der Waals surface area contributed by atoms with E-state index in [2.05, 4.69) is 15.5 Å². The highest BCUT2D eigenvalue weighted by Gasteiger charge is 2.38. The SMILES string of the molecule is COCCNC(=O)NC1COC(CN2CCN(c3cccc(C(F)(F)F)c3)CC2)C1O. The fourth-order valence-corrected chi connectivity index (χ4v) is 3.78. The Labute approximate surface area is 179 Å². The second-order valence-electron chi connectivity index (χ2n) is 7.70. The van der Waals surface area contributed by atoms with Crippen molar-refractivity contribution in [1.29, 1.82) is 0 Å². The number of piperazine rings is 1. The molecule has 0 radical (unpaired) electrons. The third-order valence-electron chi connectivity index (χ3n) is 5.54. The summed E-state index contributed by atoms with van der Waals surface area (Å²) in [7, 11) is 1.54. The van der Waals surface area contributed by atoms with Crippen LogP contribution in [0.1, 0.15) is 5.56 Å². The van der Waals surface area contributed by atoms with Gasteiger partial charge < -0.3 is 30.1 Å². The van der Waals surface area contributed by atoms with Gasteiger partial charge in [-0.15, -0.1) is 0 Å². The Morgan fingerprint density at radius 1 is 1.29 bits per heavy atom. The van der Waals surface area contributed by atoms with Crippen molar-refractivity contribution in [2.75, 3.05) is 64.5 Å². The maximum absolute atomic E-state index is 12.9. The zero-order valence-electron chi connectivity index (χ0n) is 17.4. The Kier molecular flexibility index (Phi) is 7.98. The van der Waals surface area contributed by atoms with Gasteiger partial charge in [0.25, 0.3) is 0 Å². The lowest BCUT2D eigenvalue weighted by Gasteiger charge is -2.37. The average molecular weight is 446 g/mol. The Morgan fingerprint density at radius 3 is 2.71 bits per heavy atom. The highest BCUT2D eigenvalue weighted by Crippen LogP contribution is 2.32. The van der Waals surface area contributed by atoms with Gasteiger partial charge in [-0.25, -0.2) is 4.79 Å². The molecule has 8 nitrogen and oxygen atoms in total. The first-order valence-electron chi connectivity index (χ1n) is 10.3. The monoisotopic (exact) mass is 446 g/mol. The summed E-state index contributed by atoms with van der Waals surface area (Å²) < 4.78 is 49.4. The van der Waals surface area contributed by atoms with E-state index in [1.54, 1.807) is 6.07 Å². The molecule has 2 amide bonds. The van der Waals surface area contributed by atoms with Gasteiger partial charge in [0.1, 0.15) is 6.10 Å². The van der Waals surface area contributed by atoms with Gasteiger partial charge in [0.2, 0.25) is 0 Å². The number of halogens is 3. The molecule has 174 valence electrons. The van der Waals surface area contributed by atoms with Crippen LogP contribution in [0.2, 0.25) is 0 Å². The van der Waals surface area contributed by atoms with E-state index >= 15 is 0 Å². The molecule has 2 heterocycles. The lowest BCUT2D eigenvalue weighted by atomic mass is 10.1. The molecule has 2 saturated heterocycles. The van der Waals surface area contributed by atoms with Gasteiger partial charge in [0.05, 0.1) is 30.9 Å². The van der Waals surface area contributed by atoms with E-state index < -0.39 is 30.0 Å². The van der Waals surface area contributed by atoms with Crippen LogP contribution in [-0.2, 0) is 15.7 Å². The number of anilines is 1. The fourth-order valence-electron chi connectivity index (χ4n) is 3.78. The van der Waals surface area contributed by atoms with E-state index in [1.165, 1.54) is 19.2 Å². The molecule has 0 spiro atoms. The summed E-state index contributed by atoms with van der Waals surface area (Å²) in [5, 5.41) is 15.8. The molecule has 3 N–H and O–H groups in total. The molecule has 1 aromatic carbocycles. The highest BCUT2D eigenvalue weighted by molar-refractivity contribution is 5.74. The average Bonchev–Trinajstić information content (AvgIpc) is 3.07. The van der Waals surface area contributed by atoms with Crippen LogP contribution in [0.15, 0.2) is 24.3 Å². The molecular formula is C20H29F3N4O4. The second-order valence-corrected chi connectivity index (χ2v) is 7.70. The number of methoxy groups -OCH3 is 1. The maximum atomic E-state index is 12.9. The first kappa shape index (κ1) is 23.6. The van der Waals surface area contributed by atoms with Gasteiger partial charge >= 0.3 is 12.2 Å². The van der Waals surface area contributed by atoms with E-state index in [4.69, 9.17) is 9.47 Å². The summed E-state index contributed by atoms with van der Waals surface area (Å²) in [6.07, 6.45) is -5.64. The number of urea groups is 1. The van der Waals surface area contributed by atoms with Gasteiger partial charge in [-0.1, -0.05) is 6.07 Å². The van der Waals surface area contributed by atoms with Crippen LogP contribution in [0.5, 0.6) is 0 Å². The fraction of sp³-hybridized carbons (Fsp3) is 0.650. The number of nitrogens with zero attached hydrogens (tertiary/aromatic N) is 2. The Bertz CT molecular complexity index is 729. The number of rotatable bonds is 7. The summed E-state index contributed by atoms with van der Waals surface area (Å²) in [4.78, 5) is 15.9. The standard InChI is InChI=1S/C20H29F3N4O4/c1-30-10-5-24-19(29)25-16-13-31-17(18(16)28)12-26-6-8-27(9-7-26)15-4-2-3-14(11-15)20(21,22)23/h2-4,11,16-18,28H,5-10,12-13H2,1H3,(H2,24,25,29). The number of hydrogen-bond donors (Lipinski definition) is 3. The first-order valence-corrected chi connectivity index (χ1v) is 10.3. The summed E-state index contributed by atoms with van der Waals surface area (Å²) in [5.41, 5.74) is -0.102. The predicted molar refractivity (Wildman–Crippen MR) is 108 cm³/mol. The van der Waals surface area contributed by atoms with Crippen LogP contribution in [0.3, 0.4) is 0 Å². The minimum Gasteiger partial charge on any atom is -0.388 e. The molecule has 3 unspecified atom stereocenters. The van der Waals surface area contributed by atoms with Crippen LogP contribution >= 0.6 is 0 Å². The number of alkyl halides is 3. The largest absolute Gasteiger partial charge is 0.416 e. The molecule has 2 aliphatic rings. The molecule has 0 aromatic heterocycles. The first-order chi connectivity index (χ1) is 14.8. The van der Waals surface area contributed by atoms with Crippen LogP contribution in [-0.4, -0.2) is 93.9 Å². The van der Waals surface area contributed by atoms with Crippen molar-refractivity contribution >= 4 is 11.7 Å². The van der Waals surface area contributed by atoms with Crippen LogP contribution in [0, 0.1) is 0 Å². The van der Waals surface area contributed by atoms with Crippen molar-refractivity contribution in [3.63, 3.8) is 0 Å². The number of carbonyl (C=O) groups excluding carboxylic acids is 1. The zero-order valence-corrected chi connectivity index (χ0v) is 17.4. The Morgan fingerprint density at radius 2 is 2.03 bits per heavy atom. The summed E-state index contributed by atoms with van der Waals surface area (Å²) in [5.74, 6) is 0. The second kappa shape index (κ2) is 10.5. The minimum atomic E-state index is -4.36. The lowest BCUT2D eigenvalue weighted by molar-refractivity contribution is -0.137. The van der Waals surface area contributed by atoms with Crippen molar-refractivity contribution in [2.24, 2.45) is 0 Å². The predicted octanol–water partition coefficient (Wildman–Crippen LogP) is 0.901. The number of benzene rings is 1. The van der Waals surface area contributed by atoms with E-state index in [0.717, 1.165) is 6.07 Å². The molecule has 2 fully saturated rings. The molecular weight excluding hydrogens is 417 g/mol. The summed E-state index contributed by atoms with van der Waals surface area (Å²) in [6.45, 7) is 3.89. The van der Waals surface area contributed by atoms with E-state index in [0.29, 0.717) is 51.6 Å². The summed E-state index contributed by atoms with van der Waals surface area (Å²) in [6, 6.07) is 4.46. The quantitative estimate of drug-likeness (QED) is 0.540. The van der Waals surface area contributed by atoms with Crippen molar-refractivity contribution in [1.82, 2.24) is 15.5 Å². The number of carbonyl (C=O) groups is 1. The molecule has 0 bridgehead atoms. The molecule has 3 rings (SSSR count). The maximum Gasteiger partial charge on any atom is 0.416 e. The Balaban J connectivity index is 1.44. The lowest BCUT2D eigenvalue weighted by Crippen LogP contribution is -2.52. The molecule has 3 atom stereocenters. The van der Waals surface area contributed by atoms with Gasteiger partial charge in [-0.3, -0.25) is 4.90 Å². The van der Waals surface area contributed by atoms with Gasteiger partial charge in [0, 0.05) is 52.1 Å². The molecule has 31 heavy (non-hydrogen) atoms. The van der Waals surface area contributed by atoms with Gasteiger partial charge in [0.15, 0.2) is 0 Å². The Hall–Kier alpha value is -2.08. The van der Waals surface area contributed by atoms with Crippen LogP contribution in [0.4, 0.5) is 23.7 Å². The topological polar surface area (TPSA) is 86.3 Å². The van der Waals surface area contributed by atoms with Crippen molar-refractivity contribution < 1.29 is 32.5 Å². The third-order valence-corrected chi connectivity index (χ3v) is 5.54. The normalized spacial score (nSPS) is 24.9. The van der Waals surface area contributed by atoms with E-state index in [1.807, 2.05) is 4.90 Å². The van der Waals surface area contributed by atoms with Crippen LogP contribution < -0.4 is 15.5 Å². The van der Waals surface area contributed by atoms with E-state index in [9.17, 15) is 23.1 Å². The number of hydrogen-bond acceptors (Lipinski definition) is 6. The molecule has 1 aromatic rings. The number of aliphatic hydroxyl groups is 1. The number of amides is 2. The smallest absolute Gasteiger partial charge is 0.388 e. The minimum absolute atomic E-state index is 0.216.